The summed E-state index contributed by atoms with van der Waals surface area (Å²) in [6, 6.07) is 7.56. The van der Waals surface area contributed by atoms with E-state index in [2.05, 4.69) is 10.2 Å². The minimum atomic E-state index is -0.359. The Labute approximate surface area is 108 Å². The number of carbonyl (C=O) groups is 1. The van der Waals surface area contributed by atoms with Crippen molar-refractivity contribution in [3.8, 4) is 0 Å². The highest BCUT2D eigenvalue weighted by Gasteiger charge is 2.10. The molecule has 2 rings (SSSR count). The van der Waals surface area contributed by atoms with Crippen LogP contribution in [-0.2, 0) is 6.54 Å². The maximum absolute atomic E-state index is 11.0. The van der Waals surface area contributed by atoms with Gasteiger partial charge in [0, 0.05) is 38.3 Å². The van der Waals surface area contributed by atoms with Gasteiger partial charge in [0.1, 0.15) is 0 Å². The Hall–Kier alpha value is -1.10. The van der Waals surface area contributed by atoms with Gasteiger partial charge >= 0.3 is 0 Å². The molecule has 0 unspecified atom stereocenters. The number of halogens is 1. The van der Waals surface area contributed by atoms with E-state index in [1.54, 1.807) is 6.07 Å². The van der Waals surface area contributed by atoms with E-state index in [0.717, 1.165) is 38.3 Å². The molecule has 0 aromatic heterocycles. The van der Waals surface area contributed by atoms with Gasteiger partial charge in [-0.15, -0.1) is 12.4 Å². The summed E-state index contributed by atoms with van der Waals surface area (Å²) in [5, 5.41) is 3.31. The standard InChI is InChI=1S/C12H17N3O.ClH/c13-12(16)11-3-1-2-10(8-11)9-15-6-4-14-5-7-15;/h1-3,8,14H,4-7,9H2,(H2,13,16);1H. The van der Waals surface area contributed by atoms with Crippen LogP contribution in [0.5, 0.6) is 0 Å². The summed E-state index contributed by atoms with van der Waals surface area (Å²) in [6.45, 7) is 5.08. The molecule has 4 nitrogen and oxygen atoms in total. The lowest BCUT2D eigenvalue weighted by molar-refractivity contribution is 0.1000. The molecular weight excluding hydrogens is 238 g/mol. The molecule has 1 fully saturated rings. The number of nitrogens with two attached hydrogens (primary N) is 1. The Kier molecular flexibility index (Phi) is 5.41. The van der Waals surface area contributed by atoms with Crippen LogP contribution < -0.4 is 11.1 Å². The molecule has 0 spiro atoms. The molecule has 0 bridgehead atoms. The van der Waals surface area contributed by atoms with Crippen molar-refractivity contribution >= 4 is 18.3 Å². The predicted octanol–water partition coefficient (Wildman–Crippen LogP) is 0.612. The molecule has 1 aliphatic rings. The normalized spacial score (nSPS) is 16.2. The second-order valence-corrected chi connectivity index (χ2v) is 4.09. The predicted molar refractivity (Wildman–Crippen MR) is 70.4 cm³/mol. The highest BCUT2D eigenvalue weighted by atomic mass is 35.5. The van der Waals surface area contributed by atoms with E-state index in [0.29, 0.717) is 5.56 Å². The monoisotopic (exact) mass is 255 g/mol. The molecule has 94 valence electrons. The molecule has 0 aliphatic carbocycles. The molecule has 0 radical (unpaired) electrons. The van der Waals surface area contributed by atoms with Gasteiger partial charge in [-0.25, -0.2) is 0 Å². The van der Waals surface area contributed by atoms with Crippen molar-refractivity contribution in [1.29, 1.82) is 0 Å². The van der Waals surface area contributed by atoms with Crippen LogP contribution in [0, 0.1) is 0 Å². The third-order valence-electron chi connectivity index (χ3n) is 2.83. The summed E-state index contributed by atoms with van der Waals surface area (Å²) < 4.78 is 0. The van der Waals surface area contributed by atoms with Gasteiger partial charge < -0.3 is 11.1 Å². The highest BCUT2D eigenvalue weighted by Crippen LogP contribution is 2.08. The number of piperazine rings is 1. The first-order chi connectivity index (χ1) is 7.75. The Bertz CT molecular complexity index is 378. The van der Waals surface area contributed by atoms with Gasteiger partial charge in [0.15, 0.2) is 0 Å². The van der Waals surface area contributed by atoms with Crippen LogP contribution in [0.1, 0.15) is 15.9 Å². The lowest BCUT2D eigenvalue weighted by Gasteiger charge is -2.27. The fourth-order valence-electron chi connectivity index (χ4n) is 1.95. The third-order valence-corrected chi connectivity index (χ3v) is 2.83. The van der Waals surface area contributed by atoms with Crippen molar-refractivity contribution in [3.63, 3.8) is 0 Å². The van der Waals surface area contributed by atoms with Crippen molar-refractivity contribution < 1.29 is 4.79 Å². The highest BCUT2D eigenvalue weighted by molar-refractivity contribution is 5.92. The van der Waals surface area contributed by atoms with Crippen LogP contribution in [0.15, 0.2) is 24.3 Å². The first kappa shape index (κ1) is 14.0. The minimum absolute atomic E-state index is 0. The maximum atomic E-state index is 11.0. The number of hydrogen-bond acceptors (Lipinski definition) is 3. The van der Waals surface area contributed by atoms with Gasteiger partial charge in [-0.2, -0.15) is 0 Å². The zero-order chi connectivity index (χ0) is 11.4. The van der Waals surface area contributed by atoms with E-state index >= 15 is 0 Å². The number of carbonyl (C=O) groups excluding carboxylic acids is 1. The summed E-state index contributed by atoms with van der Waals surface area (Å²) in [7, 11) is 0. The van der Waals surface area contributed by atoms with Crippen LogP contribution in [-0.4, -0.2) is 37.0 Å². The van der Waals surface area contributed by atoms with Crippen LogP contribution in [0.4, 0.5) is 0 Å². The Morgan fingerprint density at radius 2 is 2.06 bits per heavy atom. The minimum Gasteiger partial charge on any atom is -0.366 e. The lowest BCUT2D eigenvalue weighted by Crippen LogP contribution is -2.42. The molecule has 0 atom stereocenters. The summed E-state index contributed by atoms with van der Waals surface area (Å²) in [5.41, 5.74) is 6.99. The summed E-state index contributed by atoms with van der Waals surface area (Å²) >= 11 is 0. The molecule has 5 heteroatoms. The molecule has 1 heterocycles. The second-order valence-electron chi connectivity index (χ2n) is 4.09. The quantitative estimate of drug-likeness (QED) is 0.832. The number of amides is 1. The Morgan fingerprint density at radius 3 is 2.71 bits per heavy atom. The van der Waals surface area contributed by atoms with E-state index in [-0.39, 0.29) is 18.3 Å². The van der Waals surface area contributed by atoms with E-state index < -0.39 is 0 Å². The van der Waals surface area contributed by atoms with Crippen molar-refractivity contribution in [3.05, 3.63) is 35.4 Å². The number of benzene rings is 1. The summed E-state index contributed by atoms with van der Waals surface area (Å²) in [6.07, 6.45) is 0. The van der Waals surface area contributed by atoms with Crippen molar-refractivity contribution in [1.82, 2.24) is 10.2 Å². The van der Waals surface area contributed by atoms with Gasteiger partial charge in [-0.3, -0.25) is 9.69 Å². The maximum Gasteiger partial charge on any atom is 0.248 e. The van der Waals surface area contributed by atoms with Gasteiger partial charge in [0.25, 0.3) is 0 Å². The summed E-state index contributed by atoms with van der Waals surface area (Å²) in [4.78, 5) is 13.4. The lowest BCUT2D eigenvalue weighted by atomic mass is 10.1. The van der Waals surface area contributed by atoms with Gasteiger partial charge in [0.05, 0.1) is 0 Å². The van der Waals surface area contributed by atoms with E-state index in [4.69, 9.17) is 5.73 Å². The van der Waals surface area contributed by atoms with Crippen LogP contribution in [0.2, 0.25) is 0 Å². The second kappa shape index (κ2) is 6.59. The van der Waals surface area contributed by atoms with E-state index in [9.17, 15) is 4.79 Å². The zero-order valence-electron chi connectivity index (χ0n) is 9.69. The number of rotatable bonds is 3. The van der Waals surface area contributed by atoms with Crippen molar-refractivity contribution in [2.24, 2.45) is 5.73 Å². The first-order valence-electron chi connectivity index (χ1n) is 5.57. The third kappa shape index (κ3) is 4.00. The Morgan fingerprint density at radius 1 is 1.35 bits per heavy atom. The van der Waals surface area contributed by atoms with E-state index in [1.165, 1.54) is 0 Å². The number of primary amides is 1. The molecule has 3 N–H and O–H groups in total. The molecule has 1 aromatic carbocycles. The van der Waals surface area contributed by atoms with Gasteiger partial charge in [-0.05, 0) is 17.7 Å². The largest absolute Gasteiger partial charge is 0.366 e. The smallest absolute Gasteiger partial charge is 0.248 e. The topological polar surface area (TPSA) is 58.4 Å². The molecule has 1 aliphatic heterocycles. The number of nitrogens with zero attached hydrogens (tertiary/aromatic N) is 1. The first-order valence-corrected chi connectivity index (χ1v) is 5.57. The van der Waals surface area contributed by atoms with Crippen LogP contribution in [0.25, 0.3) is 0 Å². The molecule has 0 saturated carbocycles. The molecule has 1 saturated heterocycles. The Balaban J connectivity index is 0.00000144. The van der Waals surface area contributed by atoms with Crippen LogP contribution in [0.3, 0.4) is 0 Å². The molecule has 1 aromatic rings. The fourth-order valence-corrected chi connectivity index (χ4v) is 1.95. The number of hydrogen-bond donors (Lipinski definition) is 2. The molecular formula is C12H18ClN3O. The molecule has 17 heavy (non-hydrogen) atoms. The van der Waals surface area contributed by atoms with Gasteiger partial charge in [-0.1, -0.05) is 12.1 Å². The van der Waals surface area contributed by atoms with Crippen molar-refractivity contribution in [2.45, 2.75) is 6.54 Å². The average Bonchev–Trinajstić information content (AvgIpc) is 2.30. The SMILES string of the molecule is Cl.NC(=O)c1cccc(CN2CCNCC2)c1. The fraction of sp³-hybridized carbons (Fsp3) is 0.417. The molecule has 1 amide bonds. The van der Waals surface area contributed by atoms with Gasteiger partial charge in [0.2, 0.25) is 5.91 Å². The summed E-state index contributed by atoms with van der Waals surface area (Å²) in [5.74, 6) is -0.359. The van der Waals surface area contributed by atoms with E-state index in [1.807, 2.05) is 18.2 Å². The zero-order valence-corrected chi connectivity index (χ0v) is 10.5. The van der Waals surface area contributed by atoms with Crippen molar-refractivity contribution in [2.75, 3.05) is 26.2 Å². The number of nitrogens with one attached hydrogen (secondary N) is 1. The van der Waals surface area contributed by atoms with Crippen LogP contribution >= 0.6 is 12.4 Å². The average molecular weight is 256 g/mol.